The number of ether oxygens (including phenoxy) is 1. The molecule has 4 heteroatoms. The first-order chi connectivity index (χ1) is 13.6. The van der Waals surface area contributed by atoms with Crippen LogP contribution in [0.2, 0.25) is 0 Å². The molecule has 4 nitrogen and oxygen atoms in total. The Hall–Kier alpha value is -2.75. The van der Waals surface area contributed by atoms with Gasteiger partial charge in [-0.15, -0.1) is 0 Å². The van der Waals surface area contributed by atoms with Gasteiger partial charge in [0.15, 0.2) is 0 Å². The fourth-order valence-corrected chi connectivity index (χ4v) is 4.20. The lowest BCUT2D eigenvalue weighted by molar-refractivity contribution is -0.136. The van der Waals surface area contributed by atoms with Crippen LogP contribution in [0.4, 0.5) is 0 Å². The number of carbonyl (C=O) groups is 1. The molecular formula is C24H27NO3. The molecule has 0 amide bonds. The van der Waals surface area contributed by atoms with Gasteiger partial charge in [-0.1, -0.05) is 24.6 Å². The average molecular weight is 377 g/mol. The van der Waals surface area contributed by atoms with Gasteiger partial charge in [0.05, 0.1) is 6.10 Å². The zero-order valence-corrected chi connectivity index (χ0v) is 16.4. The number of carboxylic acid groups (broad SMARTS) is 1. The zero-order valence-electron chi connectivity index (χ0n) is 16.4. The minimum atomic E-state index is -0.769. The van der Waals surface area contributed by atoms with E-state index in [1.54, 1.807) is 0 Å². The number of aromatic nitrogens is 1. The zero-order chi connectivity index (χ0) is 19.5. The highest BCUT2D eigenvalue weighted by molar-refractivity contribution is 5.97. The number of hydrogen-bond acceptors (Lipinski definition) is 2. The van der Waals surface area contributed by atoms with Crippen LogP contribution in [0.25, 0.3) is 22.0 Å². The van der Waals surface area contributed by atoms with E-state index in [9.17, 15) is 4.79 Å². The molecule has 146 valence electrons. The van der Waals surface area contributed by atoms with Crippen LogP contribution < -0.4 is 4.74 Å². The van der Waals surface area contributed by atoms with Crippen LogP contribution in [0.3, 0.4) is 0 Å². The van der Waals surface area contributed by atoms with Gasteiger partial charge in [0.2, 0.25) is 0 Å². The van der Waals surface area contributed by atoms with Crippen molar-refractivity contribution in [1.29, 1.82) is 0 Å². The lowest BCUT2D eigenvalue weighted by Gasteiger charge is -2.25. The third kappa shape index (κ3) is 3.91. The van der Waals surface area contributed by atoms with Crippen molar-refractivity contribution in [2.75, 3.05) is 0 Å². The van der Waals surface area contributed by atoms with Crippen LogP contribution >= 0.6 is 0 Å². The number of carboxylic acids is 1. The fraction of sp³-hybridized carbons (Fsp3) is 0.375. The molecule has 1 fully saturated rings. The largest absolute Gasteiger partial charge is 0.490 e. The highest BCUT2D eigenvalue weighted by Crippen LogP contribution is 2.38. The molecule has 0 unspecified atom stereocenters. The molecule has 0 atom stereocenters. The van der Waals surface area contributed by atoms with E-state index in [1.807, 2.05) is 12.1 Å². The molecule has 0 bridgehead atoms. The number of aliphatic carboxylic acids is 1. The number of aryl methyl sites for hydroxylation is 2. The number of hydrogen-bond donors (Lipinski definition) is 1. The summed E-state index contributed by atoms with van der Waals surface area (Å²) < 4.78 is 8.57. The van der Waals surface area contributed by atoms with Gasteiger partial charge in [-0.05, 0) is 67.5 Å². The predicted molar refractivity (Wildman–Crippen MR) is 112 cm³/mol. The first-order valence-corrected chi connectivity index (χ1v) is 10.2. The van der Waals surface area contributed by atoms with E-state index in [2.05, 4.69) is 48.1 Å². The molecule has 0 aliphatic heterocycles. The van der Waals surface area contributed by atoms with E-state index in [1.165, 1.54) is 30.2 Å². The highest BCUT2D eigenvalue weighted by atomic mass is 16.5. The van der Waals surface area contributed by atoms with Gasteiger partial charge in [-0.25, -0.2) is 0 Å². The topological polar surface area (TPSA) is 51.5 Å². The molecule has 0 saturated heterocycles. The van der Waals surface area contributed by atoms with Crippen LogP contribution in [0.5, 0.6) is 5.75 Å². The van der Waals surface area contributed by atoms with Crippen LogP contribution in [0.1, 0.15) is 44.1 Å². The first kappa shape index (κ1) is 18.6. The molecular weight excluding hydrogens is 350 g/mol. The molecule has 0 radical (unpaired) electrons. The van der Waals surface area contributed by atoms with Gasteiger partial charge in [0.25, 0.3) is 0 Å². The summed E-state index contributed by atoms with van der Waals surface area (Å²) in [5.74, 6) is 0.136. The Kier molecular flexibility index (Phi) is 5.38. The maximum absolute atomic E-state index is 11.0. The second-order valence-corrected chi connectivity index (χ2v) is 7.77. The Morgan fingerprint density at radius 1 is 1.11 bits per heavy atom. The minimum absolute atomic E-state index is 0.137. The van der Waals surface area contributed by atoms with Crippen molar-refractivity contribution in [2.45, 2.75) is 51.0 Å². The van der Waals surface area contributed by atoms with Crippen LogP contribution in [-0.2, 0) is 18.3 Å². The number of rotatable bonds is 6. The lowest BCUT2D eigenvalue weighted by atomic mass is 9.95. The molecule has 1 heterocycles. The Bertz CT molecular complexity index is 983. The van der Waals surface area contributed by atoms with Crippen molar-refractivity contribution >= 4 is 16.9 Å². The molecule has 1 aromatic heterocycles. The van der Waals surface area contributed by atoms with E-state index in [0.29, 0.717) is 6.42 Å². The average Bonchev–Trinajstić information content (AvgIpc) is 3.09. The van der Waals surface area contributed by atoms with Crippen molar-refractivity contribution in [3.05, 3.63) is 54.2 Å². The third-order valence-electron chi connectivity index (χ3n) is 5.74. The monoisotopic (exact) mass is 377 g/mol. The highest BCUT2D eigenvalue weighted by Gasteiger charge is 2.19. The number of benzene rings is 2. The Balaban J connectivity index is 1.76. The van der Waals surface area contributed by atoms with Crippen molar-refractivity contribution in [3.63, 3.8) is 0 Å². The van der Waals surface area contributed by atoms with Crippen molar-refractivity contribution in [2.24, 2.45) is 7.05 Å². The quantitative estimate of drug-likeness (QED) is 0.610. The molecule has 4 rings (SSSR count). The molecule has 1 aliphatic carbocycles. The summed E-state index contributed by atoms with van der Waals surface area (Å²) in [6.45, 7) is 0. The second-order valence-electron chi connectivity index (χ2n) is 7.77. The van der Waals surface area contributed by atoms with Gasteiger partial charge >= 0.3 is 5.97 Å². The SMILES string of the molecule is Cn1ccc2c(-c3cc(CCC(=O)O)ccc3OC3CCCCC3)cccc21. The van der Waals surface area contributed by atoms with Crippen molar-refractivity contribution in [1.82, 2.24) is 4.57 Å². The van der Waals surface area contributed by atoms with Gasteiger partial charge in [-0.3, -0.25) is 4.79 Å². The summed E-state index contributed by atoms with van der Waals surface area (Å²) in [5, 5.41) is 10.2. The van der Waals surface area contributed by atoms with E-state index in [-0.39, 0.29) is 12.5 Å². The van der Waals surface area contributed by atoms with Crippen LogP contribution in [0, 0.1) is 0 Å². The third-order valence-corrected chi connectivity index (χ3v) is 5.74. The van der Waals surface area contributed by atoms with Gasteiger partial charge in [0, 0.05) is 36.1 Å². The molecule has 2 aromatic carbocycles. The molecule has 3 aromatic rings. The summed E-state index contributed by atoms with van der Waals surface area (Å²) in [4.78, 5) is 11.0. The summed E-state index contributed by atoms with van der Waals surface area (Å²) in [6, 6.07) is 14.6. The molecule has 1 saturated carbocycles. The van der Waals surface area contributed by atoms with Crippen molar-refractivity contribution in [3.8, 4) is 16.9 Å². The van der Waals surface area contributed by atoms with E-state index in [4.69, 9.17) is 9.84 Å². The van der Waals surface area contributed by atoms with Crippen LogP contribution in [-0.4, -0.2) is 21.7 Å². The number of fused-ring (bicyclic) bond motifs is 1. The predicted octanol–water partition coefficient (Wildman–Crippen LogP) is 5.57. The van der Waals surface area contributed by atoms with Gasteiger partial charge in [-0.2, -0.15) is 0 Å². The summed E-state index contributed by atoms with van der Waals surface area (Å²) >= 11 is 0. The smallest absolute Gasteiger partial charge is 0.303 e. The maximum Gasteiger partial charge on any atom is 0.303 e. The minimum Gasteiger partial charge on any atom is -0.490 e. The Labute approximate surface area is 165 Å². The Morgan fingerprint density at radius 2 is 1.93 bits per heavy atom. The van der Waals surface area contributed by atoms with E-state index < -0.39 is 5.97 Å². The standard InChI is InChI=1S/C24H27NO3/c1-25-15-14-20-19(8-5-9-22(20)25)21-16-17(11-13-24(26)27)10-12-23(21)28-18-6-3-2-4-7-18/h5,8-10,12,14-16,18H,2-4,6-7,11,13H2,1H3,(H,26,27). The fourth-order valence-electron chi connectivity index (χ4n) is 4.20. The Morgan fingerprint density at radius 3 is 2.71 bits per heavy atom. The summed E-state index contributed by atoms with van der Waals surface area (Å²) in [5.41, 5.74) is 4.41. The maximum atomic E-state index is 11.0. The molecule has 0 spiro atoms. The van der Waals surface area contributed by atoms with Gasteiger partial charge in [0.1, 0.15) is 5.75 Å². The lowest BCUT2D eigenvalue weighted by Crippen LogP contribution is -2.20. The first-order valence-electron chi connectivity index (χ1n) is 10.2. The van der Waals surface area contributed by atoms with E-state index >= 15 is 0 Å². The van der Waals surface area contributed by atoms with Crippen molar-refractivity contribution < 1.29 is 14.6 Å². The molecule has 1 N–H and O–H groups in total. The van der Waals surface area contributed by atoms with Crippen LogP contribution in [0.15, 0.2) is 48.7 Å². The van der Waals surface area contributed by atoms with Gasteiger partial charge < -0.3 is 14.4 Å². The number of nitrogens with zero attached hydrogens (tertiary/aromatic N) is 1. The normalized spacial score (nSPS) is 15.0. The second kappa shape index (κ2) is 8.09. The molecule has 1 aliphatic rings. The summed E-state index contributed by atoms with van der Waals surface area (Å²) in [6.07, 6.45) is 8.97. The van der Waals surface area contributed by atoms with E-state index in [0.717, 1.165) is 35.3 Å². The summed E-state index contributed by atoms with van der Waals surface area (Å²) in [7, 11) is 2.05. The molecule has 28 heavy (non-hydrogen) atoms.